The van der Waals surface area contributed by atoms with Crippen molar-refractivity contribution in [2.45, 2.75) is 31.0 Å². The first-order chi connectivity index (χ1) is 7.24. The molecule has 0 aliphatic carbocycles. The lowest BCUT2D eigenvalue weighted by atomic mass is 9.89. The number of hydrogen-bond acceptors (Lipinski definition) is 5. The van der Waals surface area contributed by atoms with E-state index in [0.717, 1.165) is 32.4 Å². The minimum atomic E-state index is -0.616. The van der Waals surface area contributed by atoms with Crippen molar-refractivity contribution in [2.75, 3.05) is 26.8 Å². The van der Waals surface area contributed by atoms with Crippen molar-refractivity contribution in [3.8, 4) is 0 Å². The van der Waals surface area contributed by atoms with Crippen LogP contribution in [-0.2, 0) is 14.2 Å². The van der Waals surface area contributed by atoms with Gasteiger partial charge < -0.3 is 19.5 Å². The van der Waals surface area contributed by atoms with E-state index in [9.17, 15) is 4.79 Å². The van der Waals surface area contributed by atoms with Gasteiger partial charge >= 0.3 is 6.16 Å². The Kier molecular flexibility index (Phi) is 3.11. The molecular formula is C10H17NO4. The van der Waals surface area contributed by atoms with Gasteiger partial charge in [0, 0.05) is 6.42 Å². The van der Waals surface area contributed by atoms with E-state index in [2.05, 4.69) is 10.1 Å². The van der Waals surface area contributed by atoms with Crippen molar-refractivity contribution in [3.63, 3.8) is 0 Å². The molecule has 15 heavy (non-hydrogen) atoms. The van der Waals surface area contributed by atoms with Crippen LogP contribution in [0.3, 0.4) is 0 Å². The molecular weight excluding hydrogens is 198 g/mol. The topological polar surface area (TPSA) is 56.8 Å². The highest BCUT2D eigenvalue weighted by Gasteiger charge is 2.42. The fourth-order valence-electron chi connectivity index (χ4n) is 2.29. The Bertz CT molecular complexity index is 238. The molecule has 5 nitrogen and oxygen atoms in total. The summed E-state index contributed by atoms with van der Waals surface area (Å²) < 4.78 is 15.3. The molecule has 0 radical (unpaired) electrons. The van der Waals surface area contributed by atoms with Crippen LogP contribution in [0.2, 0.25) is 0 Å². The first-order valence-electron chi connectivity index (χ1n) is 5.33. The largest absolute Gasteiger partial charge is 0.508 e. The molecule has 1 atom stereocenters. The number of rotatable bonds is 1. The normalized spacial score (nSPS) is 29.0. The van der Waals surface area contributed by atoms with Crippen LogP contribution in [0.15, 0.2) is 0 Å². The number of methoxy groups -OCH3 is 1. The number of hydrogen-bond donors (Lipinski definition) is 1. The Morgan fingerprint density at radius 1 is 1.47 bits per heavy atom. The lowest BCUT2D eigenvalue weighted by Gasteiger charge is -2.32. The van der Waals surface area contributed by atoms with Gasteiger partial charge in [-0.15, -0.1) is 0 Å². The zero-order chi connectivity index (χ0) is 10.7. The Morgan fingerprint density at radius 3 is 2.87 bits per heavy atom. The van der Waals surface area contributed by atoms with Crippen LogP contribution < -0.4 is 5.32 Å². The molecule has 86 valence electrons. The summed E-state index contributed by atoms with van der Waals surface area (Å²) in [4.78, 5) is 10.9. The average Bonchev–Trinajstić information content (AvgIpc) is 2.62. The van der Waals surface area contributed by atoms with Gasteiger partial charge in [0.2, 0.25) is 0 Å². The molecule has 0 aromatic heterocycles. The van der Waals surface area contributed by atoms with E-state index in [4.69, 9.17) is 9.47 Å². The summed E-state index contributed by atoms with van der Waals surface area (Å²) >= 11 is 0. The van der Waals surface area contributed by atoms with Crippen molar-refractivity contribution in [3.05, 3.63) is 0 Å². The molecule has 5 heteroatoms. The molecule has 2 rings (SSSR count). The molecule has 0 amide bonds. The van der Waals surface area contributed by atoms with Gasteiger partial charge in [-0.3, -0.25) is 0 Å². The van der Waals surface area contributed by atoms with Crippen LogP contribution in [-0.4, -0.2) is 44.7 Å². The van der Waals surface area contributed by atoms with Gasteiger partial charge in [0.25, 0.3) is 0 Å². The Labute approximate surface area is 89.1 Å². The van der Waals surface area contributed by atoms with Crippen LogP contribution in [0.5, 0.6) is 0 Å². The first kappa shape index (κ1) is 10.7. The van der Waals surface area contributed by atoms with E-state index < -0.39 is 6.16 Å². The molecule has 2 aliphatic heterocycles. The number of ether oxygens (including phenoxy) is 3. The summed E-state index contributed by atoms with van der Waals surface area (Å²) in [7, 11) is 1.32. The van der Waals surface area contributed by atoms with E-state index in [-0.39, 0.29) is 11.7 Å². The summed E-state index contributed by atoms with van der Waals surface area (Å²) in [6.07, 6.45) is 2.02. The van der Waals surface area contributed by atoms with E-state index in [1.54, 1.807) is 0 Å². The molecule has 1 unspecified atom stereocenters. The van der Waals surface area contributed by atoms with Crippen molar-refractivity contribution < 1.29 is 19.0 Å². The maximum Gasteiger partial charge on any atom is 0.508 e. The highest BCUT2D eigenvalue weighted by molar-refractivity contribution is 5.59. The van der Waals surface area contributed by atoms with Crippen molar-refractivity contribution in [1.29, 1.82) is 0 Å². The third-order valence-electron chi connectivity index (χ3n) is 3.12. The molecule has 0 aromatic carbocycles. The van der Waals surface area contributed by atoms with Crippen molar-refractivity contribution in [1.82, 2.24) is 5.32 Å². The fraction of sp³-hybridized carbons (Fsp3) is 0.900. The first-order valence-corrected chi connectivity index (χ1v) is 5.33. The highest BCUT2D eigenvalue weighted by atomic mass is 16.7. The van der Waals surface area contributed by atoms with Crippen LogP contribution >= 0.6 is 0 Å². The van der Waals surface area contributed by atoms with Gasteiger partial charge in [-0.25, -0.2) is 4.79 Å². The van der Waals surface area contributed by atoms with Gasteiger partial charge in [-0.2, -0.15) is 0 Å². The van der Waals surface area contributed by atoms with Gasteiger partial charge in [-0.1, -0.05) is 0 Å². The Hall–Kier alpha value is -0.810. The molecule has 0 bridgehead atoms. The lowest BCUT2D eigenvalue weighted by Crippen LogP contribution is -2.41. The minimum Gasteiger partial charge on any atom is -0.438 e. The third kappa shape index (κ3) is 2.41. The number of carbonyl (C=O) groups excluding carboxylic acids is 1. The van der Waals surface area contributed by atoms with Crippen LogP contribution in [0.25, 0.3) is 0 Å². The molecule has 1 spiro atoms. The highest BCUT2D eigenvalue weighted by Crippen LogP contribution is 2.35. The maximum atomic E-state index is 10.9. The SMILES string of the molecule is COC(=O)OC1COC2(CCNCC2)C1. The van der Waals surface area contributed by atoms with Crippen LogP contribution in [0.4, 0.5) is 4.79 Å². The summed E-state index contributed by atoms with van der Waals surface area (Å²) in [6.45, 7) is 2.45. The van der Waals surface area contributed by atoms with E-state index in [1.807, 2.05) is 0 Å². The summed E-state index contributed by atoms with van der Waals surface area (Å²) in [5.41, 5.74) is -0.0655. The molecule has 2 saturated heterocycles. The number of carbonyl (C=O) groups is 1. The standard InChI is InChI=1S/C10H17NO4/c1-13-9(12)15-8-6-10(14-7-8)2-4-11-5-3-10/h8,11H,2-7H2,1H3. The summed E-state index contributed by atoms with van der Waals surface area (Å²) in [6, 6.07) is 0. The molecule has 2 aliphatic rings. The zero-order valence-electron chi connectivity index (χ0n) is 8.95. The van der Waals surface area contributed by atoms with E-state index >= 15 is 0 Å². The lowest BCUT2D eigenvalue weighted by molar-refractivity contribution is -0.0226. The predicted molar refractivity (Wildman–Crippen MR) is 52.7 cm³/mol. The predicted octanol–water partition coefficient (Wildman–Crippen LogP) is 0.680. The maximum absolute atomic E-state index is 10.9. The number of piperidine rings is 1. The van der Waals surface area contributed by atoms with E-state index in [1.165, 1.54) is 7.11 Å². The van der Waals surface area contributed by atoms with Gasteiger partial charge in [-0.05, 0) is 25.9 Å². The second-order valence-corrected chi connectivity index (χ2v) is 4.14. The minimum absolute atomic E-state index is 0.0655. The fourth-order valence-corrected chi connectivity index (χ4v) is 2.29. The molecule has 2 fully saturated rings. The van der Waals surface area contributed by atoms with Crippen molar-refractivity contribution >= 4 is 6.16 Å². The summed E-state index contributed by atoms with van der Waals surface area (Å²) in [5.74, 6) is 0. The summed E-state index contributed by atoms with van der Waals surface area (Å²) in [5, 5.41) is 3.29. The Morgan fingerprint density at radius 2 is 2.20 bits per heavy atom. The number of nitrogens with one attached hydrogen (secondary N) is 1. The van der Waals surface area contributed by atoms with Crippen molar-refractivity contribution in [2.24, 2.45) is 0 Å². The van der Waals surface area contributed by atoms with Crippen LogP contribution in [0, 0.1) is 0 Å². The van der Waals surface area contributed by atoms with Gasteiger partial charge in [0.1, 0.15) is 6.10 Å². The zero-order valence-corrected chi connectivity index (χ0v) is 8.95. The molecule has 0 aromatic rings. The van der Waals surface area contributed by atoms with Crippen LogP contribution in [0.1, 0.15) is 19.3 Å². The average molecular weight is 215 g/mol. The second-order valence-electron chi connectivity index (χ2n) is 4.14. The second kappa shape index (κ2) is 4.37. The molecule has 2 heterocycles. The van der Waals surface area contributed by atoms with Gasteiger partial charge in [0.05, 0.1) is 19.3 Å². The third-order valence-corrected chi connectivity index (χ3v) is 3.12. The molecule has 0 saturated carbocycles. The monoisotopic (exact) mass is 215 g/mol. The van der Waals surface area contributed by atoms with E-state index in [0.29, 0.717) is 6.61 Å². The quantitative estimate of drug-likeness (QED) is 0.652. The molecule has 1 N–H and O–H groups in total. The van der Waals surface area contributed by atoms with Gasteiger partial charge in [0.15, 0.2) is 0 Å². The Balaban J connectivity index is 1.85. The smallest absolute Gasteiger partial charge is 0.438 e.